The minimum atomic E-state index is -0.0717. The average molecular weight is 351 g/mol. The zero-order chi connectivity index (χ0) is 16.4. The molecule has 3 rings (SSSR count). The molecule has 1 saturated heterocycles. The van der Waals surface area contributed by atoms with E-state index >= 15 is 0 Å². The first-order valence-corrected chi connectivity index (χ1v) is 8.58. The van der Waals surface area contributed by atoms with Crippen molar-refractivity contribution in [2.75, 3.05) is 23.7 Å². The van der Waals surface area contributed by atoms with Gasteiger partial charge in [-0.25, -0.2) is 15.0 Å². The van der Waals surface area contributed by atoms with Gasteiger partial charge < -0.3 is 16.4 Å². The number of nitrogen functional groups attached to an aromatic ring is 1. The molecule has 1 fully saturated rings. The molecule has 0 saturated carbocycles. The van der Waals surface area contributed by atoms with Crippen molar-refractivity contribution in [1.82, 2.24) is 15.0 Å². The molecular formula is C15H19ClN6S. The van der Waals surface area contributed by atoms with Crippen LogP contribution < -0.4 is 16.4 Å². The molecular weight excluding hydrogens is 332 g/mol. The molecule has 0 unspecified atom stereocenters. The quantitative estimate of drug-likeness (QED) is 0.878. The molecule has 0 bridgehead atoms. The van der Waals surface area contributed by atoms with E-state index in [4.69, 9.17) is 23.1 Å². The van der Waals surface area contributed by atoms with Crippen molar-refractivity contribution >= 4 is 35.0 Å². The fraction of sp³-hybridized carbons (Fsp3) is 0.400. The van der Waals surface area contributed by atoms with Crippen LogP contribution in [0.15, 0.2) is 34.6 Å². The summed E-state index contributed by atoms with van der Waals surface area (Å²) in [7, 11) is 0. The molecule has 2 aromatic heterocycles. The van der Waals surface area contributed by atoms with Crippen LogP contribution in [0.3, 0.4) is 0 Å². The molecule has 6 nitrogen and oxygen atoms in total. The Labute approximate surface area is 144 Å². The normalized spacial score (nSPS) is 17.3. The highest BCUT2D eigenvalue weighted by molar-refractivity contribution is 7.99. The van der Waals surface area contributed by atoms with Crippen LogP contribution >= 0.6 is 23.4 Å². The van der Waals surface area contributed by atoms with Crippen molar-refractivity contribution in [1.29, 1.82) is 0 Å². The monoisotopic (exact) mass is 350 g/mol. The molecule has 2 aromatic rings. The third-order valence-corrected chi connectivity index (χ3v) is 5.43. The maximum absolute atomic E-state index is 6.16. The first-order valence-electron chi connectivity index (χ1n) is 7.38. The molecule has 1 aliphatic heterocycles. The Morgan fingerprint density at radius 3 is 2.61 bits per heavy atom. The molecule has 23 heavy (non-hydrogen) atoms. The zero-order valence-electron chi connectivity index (χ0n) is 12.9. The number of pyridine rings is 1. The predicted octanol–water partition coefficient (Wildman–Crippen LogP) is 2.58. The van der Waals surface area contributed by atoms with Gasteiger partial charge in [-0.05, 0) is 25.8 Å². The fourth-order valence-corrected chi connectivity index (χ4v) is 3.39. The number of nitrogens with two attached hydrogens (primary N) is 2. The van der Waals surface area contributed by atoms with Gasteiger partial charge >= 0.3 is 0 Å². The lowest BCUT2D eigenvalue weighted by molar-refractivity contribution is 0.363. The van der Waals surface area contributed by atoms with Gasteiger partial charge in [0.05, 0.1) is 17.4 Å². The van der Waals surface area contributed by atoms with Gasteiger partial charge in [-0.3, -0.25) is 0 Å². The number of anilines is 2. The molecule has 0 amide bonds. The number of nitrogens with zero attached hydrogens (tertiary/aromatic N) is 4. The zero-order valence-corrected chi connectivity index (χ0v) is 14.4. The van der Waals surface area contributed by atoms with Crippen LogP contribution in [0.25, 0.3) is 0 Å². The minimum absolute atomic E-state index is 0.0717. The molecule has 8 heteroatoms. The lowest BCUT2D eigenvalue weighted by atomic mass is 9.91. The number of halogens is 1. The van der Waals surface area contributed by atoms with E-state index in [1.54, 1.807) is 18.6 Å². The van der Waals surface area contributed by atoms with Gasteiger partial charge in [-0.1, -0.05) is 23.4 Å². The van der Waals surface area contributed by atoms with E-state index in [0.29, 0.717) is 10.8 Å². The number of hydrogen-bond acceptors (Lipinski definition) is 7. The Balaban J connectivity index is 1.69. The topological polar surface area (TPSA) is 94.0 Å². The SMILES string of the molecule is CC1(N)CCN(c2cnc(Sc3ccnc(N)c3Cl)cn2)CC1. The summed E-state index contributed by atoms with van der Waals surface area (Å²) < 4.78 is 0. The second-order valence-electron chi connectivity index (χ2n) is 5.96. The van der Waals surface area contributed by atoms with Crippen LogP contribution in [0.2, 0.25) is 5.02 Å². The Kier molecular flexibility index (Phi) is 4.61. The Bertz CT molecular complexity index is 681. The predicted molar refractivity (Wildman–Crippen MR) is 93.9 cm³/mol. The molecule has 0 spiro atoms. The van der Waals surface area contributed by atoms with Crippen LogP contribution in [0.5, 0.6) is 0 Å². The van der Waals surface area contributed by atoms with Gasteiger partial charge in [-0.2, -0.15) is 0 Å². The summed E-state index contributed by atoms with van der Waals surface area (Å²) in [6.07, 6.45) is 7.08. The smallest absolute Gasteiger partial charge is 0.147 e. The second-order valence-corrected chi connectivity index (χ2v) is 7.40. The maximum Gasteiger partial charge on any atom is 0.147 e. The van der Waals surface area contributed by atoms with Crippen molar-refractivity contribution < 1.29 is 0 Å². The lowest BCUT2D eigenvalue weighted by Crippen LogP contribution is -2.48. The second kappa shape index (κ2) is 6.51. The van der Waals surface area contributed by atoms with Gasteiger partial charge in [0, 0.05) is 29.7 Å². The van der Waals surface area contributed by atoms with E-state index in [0.717, 1.165) is 41.7 Å². The highest BCUT2D eigenvalue weighted by atomic mass is 35.5. The van der Waals surface area contributed by atoms with Gasteiger partial charge in [0.15, 0.2) is 0 Å². The molecule has 4 N–H and O–H groups in total. The van der Waals surface area contributed by atoms with Crippen molar-refractivity contribution in [2.45, 2.75) is 35.2 Å². The van der Waals surface area contributed by atoms with E-state index in [1.807, 2.05) is 6.07 Å². The Morgan fingerprint density at radius 1 is 1.22 bits per heavy atom. The summed E-state index contributed by atoms with van der Waals surface area (Å²) in [6, 6.07) is 1.81. The van der Waals surface area contributed by atoms with E-state index in [-0.39, 0.29) is 5.54 Å². The third-order valence-electron chi connectivity index (χ3n) is 3.94. The van der Waals surface area contributed by atoms with Crippen molar-refractivity contribution in [3.63, 3.8) is 0 Å². The largest absolute Gasteiger partial charge is 0.382 e. The first-order chi connectivity index (χ1) is 10.9. The summed E-state index contributed by atoms with van der Waals surface area (Å²) in [6.45, 7) is 3.90. The Hall–Kier alpha value is -1.57. The van der Waals surface area contributed by atoms with Crippen molar-refractivity contribution in [3.8, 4) is 0 Å². The van der Waals surface area contributed by atoms with E-state index in [2.05, 4.69) is 26.8 Å². The molecule has 0 radical (unpaired) electrons. The highest BCUT2D eigenvalue weighted by Gasteiger charge is 2.26. The van der Waals surface area contributed by atoms with Crippen LogP contribution in [0.4, 0.5) is 11.6 Å². The molecule has 1 aliphatic rings. The van der Waals surface area contributed by atoms with Crippen LogP contribution in [0, 0.1) is 0 Å². The van der Waals surface area contributed by atoms with Gasteiger partial charge in [0.1, 0.15) is 16.7 Å². The van der Waals surface area contributed by atoms with Gasteiger partial charge in [0.25, 0.3) is 0 Å². The molecule has 0 aliphatic carbocycles. The third kappa shape index (κ3) is 3.85. The highest BCUT2D eigenvalue weighted by Crippen LogP contribution is 2.34. The minimum Gasteiger partial charge on any atom is -0.382 e. The summed E-state index contributed by atoms with van der Waals surface area (Å²) in [5.74, 6) is 1.20. The summed E-state index contributed by atoms with van der Waals surface area (Å²) in [4.78, 5) is 16.0. The number of hydrogen-bond donors (Lipinski definition) is 2. The van der Waals surface area contributed by atoms with Crippen molar-refractivity contribution in [2.24, 2.45) is 5.73 Å². The lowest BCUT2D eigenvalue weighted by Gasteiger charge is -2.37. The number of aromatic nitrogens is 3. The fourth-order valence-electron chi connectivity index (χ4n) is 2.40. The standard InChI is InChI=1S/C15H19ClN6S/c1-15(18)3-6-22(7-4-15)11-8-21-12(9-20-11)23-10-2-5-19-14(17)13(10)16/h2,5,8-9H,3-4,6-7,18H2,1H3,(H2,17,19). The average Bonchev–Trinajstić information content (AvgIpc) is 2.53. The maximum atomic E-state index is 6.16. The van der Waals surface area contributed by atoms with Crippen LogP contribution in [-0.2, 0) is 0 Å². The van der Waals surface area contributed by atoms with E-state index in [9.17, 15) is 0 Å². The molecule has 122 valence electrons. The summed E-state index contributed by atoms with van der Waals surface area (Å²) in [5, 5.41) is 1.21. The number of piperidine rings is 1. The first kappa shape index (κ1) is 16.3. The van der Waals surface area contributed by atoms with Gasteiger partial charge in [0.2, 0.25) is 0 Å². The van der Waals surface area contributed by atoms with Crippen LogP contribution in [-0.4, -0.2) is 33.6 Å². The van der Waals surface area contributed by atoms with E-state index in [1.165, 1.54) is 11.8 Å². The molecule has 0 atom stereocenters. The van der Waals surface area contributed by atoms with Gasteiger partial charge in [-0.15, -0.1) is 0 Å². The molecule has 0 aromatic carbocycles. The van der Waals surface area contributed by atoms with E-state index < -0.39 is 0 Å². The molecule has 3 heterocycles. The Morgan fingerprint density at radius 2 is 1.96 bits per heavy atom. The summed E-state index contributed by atoms with van der Waals surface area (Å²) >= 11 is 7.57. The van der Waals surface area contributed by atoms with Crippen LogP contribution in [0.1, 0.15) is 19.8 Å². The number of rotatable bonds is 3. The van der Waals surface area contributed by atoms with Crippen molar-refractivity contribution in [3.05, 3.63) is 29.7 Å². The summed E-state index contributed by atoms with van der Waals surface area (Å²) in [5.41, 5.74) is 11.8.